The van der Waals surface area contributed by atoms with Crippen LogP contribution < -0.4 is 5.32 Å². The Kier molecular flexibility index (Phi) is 4.25. The predicted molar refractivity (Wildman–Crippen MR) is 78.4 cm³/mol. The summed E-state index contributed by atoms with van der Waals surface area (Å²) in [4.78, 5) is 11.9. The van der Waals surface area contributed by atoms with E-state index < -0.39 is 21.7 Å². The number of rotatable bonds is 3. The first-order chi connectivity index (χ1) is 9.68. The zero-order chi connectivity index (χ0) is 15.7. The predicted octanol–water partition coefficient (Wildman–Crippen LogP) is 1.58. The van der Waals surface area contributed by atoms with E-state index in [-0.39, 0.29) is 24.0 Å². The highest BCUT2D eigenvalue weighted by Crippen LogP contribution is 2.21. The molecule has 2 rings (SSSR count). The van der Waals surface area contributed by atoms with E-state index in [9.17, 15) is 13.2 Å². The molecule has 0 unspecified atom stereocenters. The van der Waals surface area contributed by atoms with Crippen LogP contribution in [-0.4, -0.2) is 43.5 Å². The van der Waals surface area contributed by atoms with Crippen LogP contribution in [0, 0.1) is 0 Å². The molecule has 1 aliphatic rings. The van der Waals surface area contributed by atoms with Gasteiger partial charge in [0, 0.05) is 13.1 Å². The Morgan fingerprint density at radius 3 is 2.33 bits per heavy atom. The standard InChI is InChI=1S/C14H20N2O4S/c1-14(2,3)20-13(17)15-11-9-16(10-11)21(18,19)12-7-5-4-6-8-12/h4-8,11H,9-10H2,1-3H3,(H,15,17). The number of benzene rings is 1. The van der Waals surface area contributed by atoms with Gasteiger partial charge in [0.05, 0.1) is 10.9 Å². The van der Waals surface area contributed by atoms with Crippen molar-refractivity contribution >= 4 is 16.1 Å². The van der Waals surface area contributed by atoms with Crippen LogP contribution in [0.4, 0.5) is 4.79 Å². The second-order valence-electron chi connectivity index (χ2n) is 5.98. The molecule has 116 valence electrons. The molecule has 21 heavy (non-hydrogen) atoms. The van der Waals surface area contributed by atoms with Gasteiger partial charge in [0.1, 0.15) is 5.60 Å². The van der Waals surface area contributed by atoms with E-state index in [2.05, 4.69) is 5.32 Å². The average Bonchev–Trinajstić information content (AvgIpc) is 2.32. The summed E-state index contributed by atoms with van der Waals surface area (Å²) in [5.41, 5.74) is -0.566. The molecule has 1 N–H and O–H groups in total. The Labute approximate surface area is 125 Å². The Hall–Kier alpha value is -1.60. The van der Waals surface area contributed by atoms with Crippen LogP contribution in [0.5, 0.6) is 0 Å². The molecule has 7 heteroatoms. The maximum absolute atomic E-state index is 12.3. The summed E-state index contributed by atoms with van der Waals surface area (Å²) >= 11 is 0. The van der Waals surface area contributed by atoms with Crippen molar-refractivity contribution < 1.29 is 17.9 Å². The van der Waals surface area contributed by atoms with Crippen molar-refractivity contribution in [3.63, 3.8) is 0 Å². The molecule has 6 nitrogen and oxygen atoms in total. The molecule has 1 heterocycles. The summed E-state index contributed by atoms with van der Waals surface area (Å²) in [5, 5.41) is 2.66. The molecular formula is C14H20N2O4S. The molecule has 1 aliphatic heterocycles. The van der Waals surface area contributed by atoms with Crippen LogP contribution in [0.3, 0.4) is 0 Å². The molecule has 0 saturated carbocycles. The van der Waals surface area contributed by atoms with Gasteiger partial charge in [-0.3, -0.25) is 0 Å². The second kappa shape index (κ2) is 5.65. The van der Waals surface area contributed by atoms with E-state index in [1.165, 1.54) is 4.31 Å². The lowest BCUT2D eigenvalue weighted by Crippen LogP contribution is -2.61. The number of hydrogen-bond acceptors (Lipinski definition) is 4. The van der Waals surface area contributed by atoms with Crippen molar-refractivity contribution in [2.45, 2.75) is 37.3 Å². The third-order valence-corrected chi connectivity index (χ3v) is 4.80. The molecule has 1 aromatic carbocycles. The summed E-state index contributed by atoms with van der Waals surface area (Å²) in [6.07, 6.45) is -0.524. The van der Waals surface area contributed by atoms with Crippen molar-refractivity contribution in [1.82, 2.24) is 9.62 Å². The largest absolute Gasteiger partial charge is 0.444 e. The molecule has 0 spiro atoms. The smallest absolute Gasteiger partial charge is 0.407 e. The first-order valence-corrected chi connectivity index (χ1v) is 8.17. The summed E-state index contributed by atoms with van der Waals surface area (Å²) < 4.78 is 31.0. The Bertz CT molecular complexity index is 602. The van der Waals surface area contributed by atoms with Crippen molar-refractivity contribution in [3.05, 3.63) is 30.3 Å². The quantitative estimate of drug-likeness (QED) is 0.919. The topological polar surface area (TPSA) is 75.7 Å². The van der Waals surface area contributed by atoms with Gasteiger partial charge in [-0.15, -0.1) is 0 Å². The average molecular weight is 312 g/mol. The maximum atomic E-state index is 12.3. The molecule has 1 saturated heterocycles. The van der Waals surface area contributed by atoms with Gasteiger partial charge in [0.25, 0.3) is 0 Å². The van der Waals surface area contributed by atoms with Crippen LogP contribution in [0.15, 0.2) is 35.2 Å². The molecule has 0 aliphatic carbocycles. The molecule has 1 aromatic rings. The van der Waals surface area contributed by atoms with E-state index >= 15 is 0 Å². The normalized spacial score (nSPS) is 17.1. The number of carbonyl (C=O) groups excluding carboxylic acids is 1. The fourth-order valence-electron chi connectivity index (χ4n) is 1.94. The van der Waals surface area contributed by atoms with Crippen LogP contribution in [0.25, 0.3) is 0 Å². The number of alkyl carbamates (subject to hydrolysis) is 1. The number of nitrogens with one attached hydrogen (secondary N) is 1. The Balaban J connectivity index is 1.88. The lowest BCUT2D eigenvalue weighted by atomic mass is 10.2. The molecule has 0 radical (unpaired) electrons. The van der Waals surface area contributed by atoms with E-state index in [1.54, 1.807) is 51.1 Å². The maximum Gasteiger partial charge on any atom is 0.407 e. The van der Waals surface area contributed by atoms with Gasteiger partial charge < -0.3 is 10.1 Å². The second-order valence-corrected chi connectivity index (χ2v) is 7.92. The van der Waals surface area contributed by atoms with Crippen LogP contribution in [0.1, 0.15) is 20.8 Å². The highest BCUT2D eigenvalue weighted by atomic mass is 32.2. The van der Waals surface area contributed by atoms with E-state index in [1.807, 2.05) is 0 Å². The zero-order valence-corrected chi connectivity index (χ0v) is 13.2. The van der Waals surface area contributed by atoms with Gasteiger partial charge in [-0.1, -0.05) is 18.2 Å². The van der Waals surface area contributed by atoms with E-state index in [4.69, 9.17) is 4.74 Å². The summed E-state index contributed by atoms with van der Waals surface area (Å²) in [5.74, 6) is 0. The number of hydrogen-bond donors (Lipinski definition) is 1. The number of sulfonamides is 1. The fraction of sp³-hybridized carbons (Fsp3) is 0.500. The first-order valence-electron chi connectivity index (χ1n) is 6.73. The Morgan fingerprint density at radius 2 is 1.81 bits per heavy atom. The molecule has 1 fully saturated rings. The van der Waals surface area contributed by atoms with Crippen LogP contribution >= 0.6 is 0 Å². The van der Waals surface area contributed by atoms with Gasteiger partial charge in [0.2, 0.25) is 10.0 Å². The number of nitrogens with zero attached hydrogens (tertiary/aromatic N) is 1. The lowest BCUT2D eigenvalue weighted by Gasteiger charge is -2.38. The van der Waals surface area contributed by atoms with Crippen LogP contribution in [-0.2, 0) is 14.8 Å². The molecule has 0 aromatic heterocycles. The minimum Gasteiger partial charge on any atom is -0.444 e. The SMILES string of the molecule is CC(C)(C)OC(=O)NC1CN(S(=O)(=O)c2ccccc2)C1. The fourth-order valence-corrected chi connectivity index (χ4v) is 3.49. The van der Waals surface area contributed by atoms with E-state index in [0.717, 1.165) is 0 Å². The van der Waals surface area contributed by atoms with Crippen molar-refractivity contribution in [2.75, 3.05) is 13.1 Å². The van der Waals surface area contributed by atoms with E-state index in [0.29, 0.717) is 0 Å². The molecule has 0 atom stereocenters. The van der Waals surface area contributed by atoms with Crippen molar-refractivity contribution in [2.24, 2.45) is 0 Å². The number of carbonyl (C=O) groups is 1. The molecular weight excluding hydrogens is 292 g/mol. The van der Waals surface area contributed by atoms with Gasteiger partial charge >= 0.3 is 6.09 Å². The monoisotopic (exact) mass is 312 g/mol. The highest BCUT2D eigenvalue weighted by Gasteiger charge is 2.37. The van der Waals surface area contributed by atoms with Crippen molar-refractivity contribution in [1.29, 1.82) is 0 Å². The first kappa shape index (κ1) is 15.8. The zero-order valence-electron chi connectivity index (χ0n) is 12.4. The van der Waals surface area contributed by atoms with Crippen molar-refractivity contribution in [3.8, 4) is 0 Å². The van der Waals surface area contributed by atoms with Gasteiger partial charge in [-0.25, -0.2) is 13.2 Å². The summed E-state index contributed by atoms with van der Waals surface area (Å²) in [7, 11) is -3.46. The highest BCUT2D eigenvalue weighted by molar-refractivity contribution is 7.89. The lowest BCUT2D eigenvalue weighted by molar-refractivity contribution is 0.0459. The van der Waals surface area contributed by atoms with Gasteiger partial charge in [-0.05, 0) is 32.9 Å². The Morgan fingerprint density at radius 1 is 1.24 bits per heavy atom. The van der Waals surface area contributed by atoms with Gasteiger partial charge in [-0.2, -0.15) is 4.31 Å². The minimum absolute atomic E-state index is 0.210. The summed E-state index contributed by atoms with van der Waals surface area (Å²) in [6, 6.07) is 8.04. The third kappa shape index (κ3) is 3.95. The van der Waals surface area contributed by atoms with Gasteiger partial charge in [0.15, 0.2) is 0 Å². The minimum atomic E-state index is -3.46. The summed E-state index contributed by atoms with van der Waals surface area (Å²) in [6.45, 7) is 5.85. The third-order valence-electron chi connectivity index (χ3n) is 2.95. The van der Waals surface area contributed by atoms with Crippen LogP contribution in [0.2, 0.25) is 0 Å². The molecule has 1 amide bonds. The number of amides is 1. The number of ether oxygens (including phenoxy) is 1. The molecule has 0 bridgehead atoms.